The molecule has 1 heterocycles. The largest absolute Gasteiger partial charge is 0.368 e. The molecule has 1 fully saturated rings. The number of rotatable bonds is 3. The second-order valence-corrected chi connectivity index (χ2v) is 6.28. The fourth-order valence-electron chi connectivity index (χ4n) is 2.33. The fraction of sp³-hybridized carbons (Fsp3) is 0.533. The van der Waals surface area contributed by atoms with Gasteiger partial charge in [-0.1, -0.05) is 11.6 Å². The first-order valence-corrected chi connectivity index (χ1v) is 7.32. The minimum Gasteiger partial charge on any atom is -0.368 e. The number of hydrogen-bond donors (Lipinski definition) is 1. The topological polar surface area (TPSA) is 49.6 Å². The summed E-state index contributed by atoms with van der Waals surface area (Å²) < 4.78 is 0. The van der Waals surface area contributed by atoms with E-state index in [1.54, 1.807) is 0 Å². The van der Waals surface area contributed by atoms with Gasteiger partial charge in [-0.15, -0.1) is 24.8 Å². The van der Waals surface area contributed by atoms with Crippen LogP contribution in [-0.4, -0.2) is 43.5 Å². The van der Waals surface area contributed by atoms with Crippen LogP contribution in [0, 0.1) is 5.41 Å². The van der Waals surface area contributed by atoms with Crippen molar-refractivity contribution in [1.29, 1.82) is 0 Å². The number of benzene rings is 1. The van der Waals surface area contributed by atoms with E-state index >= 15 is 0 Å². The van der Waals surface area contributed by atoms with E-state index in [-0.39, 0.29) is 30.7 Å². The lowest BCUT2D eigenvalue weighted by Crippen LogP contribution is -2.53. The molecule has 0 atom stereocenters. The van der Waals surface area contributed by atoms with E-state index in [1.807, 2.05) is 43.0 Å². The Morgan fingerprint density at radius 2 is 1.64 bits per heavy atom. The molecule has 22 heavy (non-hydrogen) atoms. The minimum absolute atomic E-state index is 0. The van der Waals surface area contributed by atoms with Crippen molar-refractivity contribution in [1.82, 2.24) is 4.90 Å². The van der Waals surface area contributed by atoms with Gasteiger partial charge >= 0.3 is 0 Å². The molecular formula is C15H24Cl3N3O. The molecule has 0 bridgehead atoms. The van der Waals surface area contributed by atoms with Gasteiger partial charge in [-0.3, -0.25) is 4.79 Å². The number of nitrogens with zero attached hydrogens (tertiary/aromatic N) is 2. The molecule has 0 aromatic heterocycles. The van der Waals surface area contributed by atoms with Crippen LogP contribution in [0.3, 0.4) is 0 Å². The van der Waals surface area contributed by atoms with Gasteiger partial charge < -0.3 is 15.5 Å². The first-order chi connectivity index (χ1) is 9.44. The Morgan fingerprint density at radius 3 is 2.09 bits per heavy atom. The van der Waals surface area contributed by atoms with Crippen LogP contribution in [0.15, 0.2) is 24.3 Å². The molecule has 2 N–H and O–H groups in total. The molecule has 0 spiro atoms. The summed E-state index contributed by atoms with van der Waals surface area (Å²) in [4.78, 5) is 16.5. The van der Waals surface area contributed by atoms with Crippen molar-refractivity contribution in [3.8, 4) is 0 Å². The first kappa shape index (κ1) is 21.3. The van der Waals surface area contributed by atoms with Crippen LogP contribution in [-0.2, 0) is 4.79 Å². The molecule has 1 aliphatic rings. The summed E-state index contributed by atoms with van der Waals surface area (Å²) in [5.41, 5.74) is 6.36. The molecule has 0 radical (unpaired) electrons. The van der Waals surface area contributed by atoms with E-state index in [2.05, 4.69) is 4.90 Å². The van der Waals surface area contributed by atoms with Crippen molar-refractivity contribution < 1.29 is 4.79 Å². The molecule has 1 aromatic carbocycles. The second-order valence-electron chi connectivity index (χ2n) is 5.84. The third-order valence-corrected chi connectivity index (χ3v) is 4.10. The van der Waals surface area contributed by atoms with Crippen molar-refractivity contribution in [3.05, 3.63) is 29.3 Å². The molecule has 1 aliphatic heterocycles. The zero-order valence-electron chi connectivity index (χ0n) is 12.9. The van der Waals surface area contributed by atoms with Crippen molar-refractivity contribution in [2.45, 2.75) is 13.8 Å². The van der Waals surface area contributed by atoms with Crippen molar-refractivity contribution >= 4 is 48.0 Å². The highest BCUT2D eigenvalue weighted by molar-refractivity contribution is 6.30. The maximum absolute atomic E-state index is 12.3. The van der Waals surface area contributed by atoms with E-state index in [0.29, 0.717) is 6.54 Å². The Labute approximate surface area is 149 Å². The molecule has 2 rings (SSSR count). The van der Waals surface area contributed by atoms with Gasteiger partial charge in [0.25, 0.3) is 0 Å². The number of halogens is 3. The van der Waals surface area contributed by atoms with Crippen LogP contribution in [0.25, 0.3) is 0 Å². The van der Waals surface area contributed by atoms with Crippen molar-refractivity contribution in [2.75, 3.05) is 37.6 Å². The van der Waals surface area contributed by atoms with Gasteiger partial charge in [-0.05, 0) is 38.1 Å². The summed E-state index contributed by atoms with van der Waals surface area (Å²) in [7, 11) is 0. The molecule has 0 saturated carbocycles. The van der Waals surface area contributed by atoms with Crippen LogP contribution in [0.2, 0.25) is 5.02 Å². The third kappa shape index (κ3) is 4.92. The summed E-state index contributed by atoms with van der Waals surface area (Å²) in [5.74, 6) is 0.149. The monoisotopic (exact) mass is 367 g/mol. The Morgan fingerprint density at radius 1 is 1.14 bits per heavy atom. The average Bonchev–Trinajstić information content (AvgIpc) is 2.47. The summed E-state index contributed by atoms with van der Waals surface area (Å²) >= 11 is 5.90. The number of carbonyl (C=O) groups is 1. The van der Waals surface area contributed by atoms with E-state index in [9.17, 15) is 4.79 Å². The fourth-order valence-corrected chi connectivity index (χ4v) is 2.46. The molecule has 0 unspecified atom stereocenters. The summed E-state index contributed by atoms with van der Waals surface area (Å²) in [6, 6.07) is 7.82. The van der Waals surface area contributed by atoms with Gasteiger partial charge in [0.15, 0.2) is 0 Å². The number of piperazine rings is 1. The second kappa shape index (κ2) is 8.82. The predicted molar refractivity (Wildman–Crippen MR) is 97.6 cm³/mol. The number of carbonyl (C=O) groups excluding carboxylic acids is 1. The lowest BCUT2D eigenvalue weighted by molar-refractivity contribution is -0.140. The Hall–Kier alpha value is -0.680. The van der Waals surface area contributed by atoms with E-state index in [4.69, 9.17) is 17.3 Å². The maximum Gasteiger partial charge on any atom is 0.229 e. The average molecular weight is 369 g/mol. The minimum atomic E-state index is -0.470. The van der Waals surface area contributed by atoms with Gasteiger partial charge in [-0.2, -0.15) is 0 Å². The highest BCUT2D eigenvalue weighted by atomic mass is 35.5. The van der Waals surface area contributed by atoms with Crippen molar-refractivity contribution in [3.63, 3.8) is 0 Å². The van der Waals surface area contributed by atoms with Crippen molar-refractivity contribution in [2.24, 2.45) is 11.1 Å². The highest BCUT2D eigenvalue weighted by Gasteiger charge is 2.32. The zero-order valence-corrected chi connectivity index (χ0v) is 15.3. The van der Waals surface area contributed by atoms with Crippen LogP contribution in [0.1, 0.15) is 13.8 Å². The SMILES string of the molecule is CC(C)(CN)C(=O)N1CCN(c2ccc(Cl)cc2)CC1.Cl.Cl. The number of nitrogens with two attached hydrogens (primary N) is 1. The molecule has 7 heteroatoms. The number of amides is 1. The van der Waals surface area contributed by atoms with Crippen LogP contribution >= 0.6 is 36.4 Å². The molecule has 0 aliphatic carbocycles. The Balaban J connectivity index is 0.00000220. The Kier molecular flexibility index (Phi) is 8.55. The highest BCUT2D eigenvalue weighted by Crippen LogP contribution is 2.22. The summed E-state index contributed by atoms with van der Waals surface area (Å²) in [6.45, 7) is 7.35. The van der Waals surface area contributed by atoms with Gasteiger partial charge in [0.2, 0.25) is 5.91 Å². The summed E-state index contributed by atoms with van der Waals surface area (Å²) in [5, 5.41) is 0.743. The Bertz CT molecular complexity index is 471. The molecule has 1 saturated heterocycles. The van der Waals surface area contributed by atoms with Crippen LogP contribution < -0.4 is 10.6 Å². The van der Waals surface area contributed by atoms with E-state index in [1.165, 1.54) is 0 Å². The lowest BCUT2D eigenvalue weighted by atomic mass is 9.91. The first-order valence-electron chi connectivity index (χ1n) is 6.94. The third-order valence-electron chi connectivity index (χ3n) is 3.85. The molecule has 1 aromatic rings. The van der Waals surface area contributed by atoms with E-state index < -0.39 is 5.41 Å². The molecule has 4 nitrogen and oxygen atoms in total. The molecule has 126 valence electrons. The van der Waals surface area contributed by atoms with Gasteiger partial charge in [-0.25, -0.2) is 0 Å². The smallest absolute Gasteiger partial charge is 0.229 e. The molecule has 1 amide bonds. The maximum atomic E-state index is 12.3. The quantitative estimate of drug-likeness (QED) is 0.892. The normalized spacial score (nSPS) is 14.9. The van der Waals surface area contributed by atoms with Crippen LogP contribution in [0.5, 0.6) is 0 Å². The molecular weight excluding hydrogens is 345 g/mol. The van der Waals surface area contributed by atoms with Gasteiger partial charge in [0.1, 0.15) is 0 Å². The summed E-state index contributed by atoms with van der Waals surface area (Å²) in [6.07, 6.45) is 0. The number of anilines is 1. The van der Waals surface area contributed by atoms with Crippen LogP contribution in [0.4, 0.5) is 5.69 Å². The predicted octanol–water partition coefficient (Wildman–Crippen LogP) is 2.82. The van der Waals surface area contributed by atoms with Gasteiger partial charge in [0, 0.05) is 43.4 Å². The number of hydrogen-bond acceptors (Lipinski definition) is 3. The van der Waals surface area contributed by atoms with E-state index in [0.717, 1.165) is 36.9 Å². The standard InChI is InChI=1S/C15H22ClN3O.2ClH/c1-15(2,11-17)14(20)19-9-7-18(8-10-19)13-5-3-12(16)4-6-13;;/h3-6H,7-11,17H2,1-2H3;2*1H. The lowest BCUT2D eigenvalue weighted by Gasteiger charge is -2.39. The van der Waals surface area contributed by atoms with Gasteiger partial charge in [0.05, 0.1) is 5.41 Å². The zero-order chi connectivity index (χ0) is 14.8.